The maximum Gasteiger partial charge on any atom is 0.270 e. The Bertz CT molecular complexity index is 1540. The SMILES string of the molecule is CC(C)C(C)NC(=O)c1csc(CN(CCc2c[nH]c3ccccc23)Cc2ccc(OCc3ccccc3)cc2)n1. The van der Waals surface area contributed by atoms with Crippen molar-refractivity contribution >= 4 is 28.1 Å². The summed E-state index contributed by atoms with van der Waals surface area (Å²) in [5.41, 5.74) is 5.31. The van der Waals surface area contributed by atoms with E-state index in [0.717, 1.165) is 41.3 Å². The summed E-state index contributed by atoms with van der Waals surface area (Å²) in [5, 5.41) is 7.14. The number of H-pyrrole nitrogens is 1. The number of nitrogens with one attached hydrogen (secondary N) is 2. The highest BCUT2D eigenvalue weighted by atomic mass is 32.1. The quantitative estimate of drug-likeness (QED) is 0.158. The first kappa shape index (κ1) is 28.6. The van der Waals surface area contributed by atoms with E-state index < -0.39 is 0 Å². The fraction of sp³-hybridized carbons (Fsp3) is 0.294. The topological polar surface area (TPSA) is 70.2 Å². The summed E-state index contributed by atoms with van der Waals surface area (Å²) >= 11 is 1.55. The van der Waals surface area contributed by atoms with Crippen LogP contribution >= 0.6 is 11.3 Å². The number of carbonyl (C=O) groups is 1. The molecular formula is C34H38N4O2S. The van der Waals surface area contributed by atoms with E-state index in [1.807, 2.05) is 42.6 Å². The molecule has 2 N–H and O–H groups in total. The van der Waals surface area contributed by atoms with Crippen molar-refractivity contribution in [1.29, 1.82) is 0 Å². The lowest BCUT2D eigenvalue weighted by molar-refractivity contribution is 0.0925. The minimum Gasteiger partial charge on any atom is -0.489 e. The first-order chi connectivity index (χ1) is 19.9. The van der Waals surface area contributed by atoms with Crippen molar-refractivity contribution in [2.45, 2.75) is 52.9 Å². The van der Waals surface area contributed by atoms with E-state index in [1.165, 1.54) is 16.5 Å². The van der Waals surface area contributed by atoms with Crippen molar-refractivity contribution in [2.75, 3.05) is 6.54 Å². The largest absolute Gasteiger partial charge is 0.489 e. The molecule has 3 aromatic carbocycles. The number of para-hydroxylation sites is 1. The molecule has 2 aromatic heterocycles. The molecule has 0 fully saturated rings. The van der Waals surface area contributed by atoms with Crippen LogP contribution < -0.4 is 10.1 Å². The molecule has 0 bridgehead atoms. The zero-order chi connectivity index (χ0) is 28.6. The number of aromatic amines is 1. The Kier molecular flexibility index (Phi) is 9.49. The zero-order valence-corrected chi connectivity index (χ0v) is 24.8. The summed E-state index contributed by atoms with van der Waals surface area (Å²) in [6.07, 6.45) is 3.02. The molecule has 0 saturated carbocycles. The number of nitrogens with zero attached hydrogens (tertiary/aromatic N) is 2. The predicted molar refractivity (Wildman–Crippen MR) is 167 cm³/mol. The van der Waals surface area contributed by atoms with Crippen molar-refractivity contribution in [2.24, 2.45) is 5.92 Å². The molecule has 212 valence electrons. The normalized spacial score (nSPS) is 12.2. The molecule has 0 aliphatic rings. The third-order valence-electron chi connectivity index (χ3n) is 7.45. The molecule has 0 saturated heterocycles. The third kappa shape index (κ3) is 7.84. The number of fused-ring (bicyclic) bond motifs is 1. The molecule has 5 rings (SSSR count). The second kappa shape index (κ2) is 13.6. The van der Waals surface area contributed by atoms with Gasteiger partial charge in [-0.15, -0.1) is 11.3 Å². The fourth-order valence-electron chi connectivity index (χ4n) is 4.65. The van der Waals surface area contributed by atoms with E-state index in [4.69, 9.17) is 9.72 Å². The van der Waals surface area contributed by atoms with Crippen LogP contribution in [0, 0.1) is 5.92 Å². The summed E-state index contributed by atoms with van der Waals surface area (Å²) in [4.78, 5) is 23.2. The standard InChI is InChI=1S/C34H38N4O2S/c1-24(2)25(3)36-34(39)32-23-41-33(37-32)21-38(18-17-28-19-35-31-12-8-7-11-30(28)31)20-26-13-15-29(16-14-26)40-22-27-9-5-4-6-10-27/h4-16,19,23-25,35H,17-18,20-22H2,1-3H3,(H,36,39). The molecule has 6 nitrogen and oxygen atoms in total. The van der Waals surface area contributed by atoms with Crippen molar-refractivity contribution in [3.63, 3.8) is 0 Å². The number of thiazole rings is 1. The van der Waals surface area contributed by atoms with Gasteiger partial charge in [-0.2, -0.15) is 0 Å². The van der Waals surface area contributed by atoms with Crippen molar-refractivity contribution < 1.29 is 9.53 Å². The monoisotopic (exact) mass is 566 g/mol. The number of hydrogen-bond donors (Lipinski definition) is 2. The molecule has 1 amide bonds. The van der Waals surface area contributed by atoms with Crippen LogP contribution in [0.2, 0.25) is 0 Å². The maximum atomic E-state index is 12.7. The number of aromatic nitrogens is 2. The number of benzene rings is 3. The molecular weight excluding hydrogens is 528 g/mol. The highest BCUT2D eigenvalue weighted by Crippen LogP contribution is 2.21. The number of amides is 1. The third-order valence-corrected chi connectivity index (χ3v) is 8.29. The number of rotatable bonds is 13. The van der Waals surface area contributed by atoms with Crippen LogP contribution in [-0.2, 0) is 26.1 Å². The van der Waals surface area contributed by atoms with Crippen LogP contribution in [0.3, 0.4) is 0 Å². The first-order valence-corrected chi connectivity index (χ1v) is 15.1. The van der Waals surface area contributed by atoms with Gasteiger partial charge in [-0.1, -0.05) is 74.5 Å². The molecule has 0 aliphatic heterocycles. The van der Waals surface area contributed by atoms with Gasteiger partial charge in [0.05, 0.1) is 6.54 Å². The number of carbonyl (C=O) groups excluding carboxylic acids is 1. The summed E-state index contributed by atoms with van der Waals surface area (Å²) < 4.78 is 5.99. The molecule has 1 unspecified atom stereocenters. The Balaban J connectivity index is 1.26. The van der Waals surface area contributed by atoms with Gasteiger partial charge in [-0.3, -0.25) is 9.69 Å². The molecule has 41 heavy (non-hydrogen) atoms. The second-order valence-electron chi connectivity index (χ2n) is 10.9. The van der Waals surface area contributed by atoms with Crippen molar-refractivity contribution in [3.8, 4) is 5.75 Å². The Morgan fingerprint density at radius 3 is 2.49 bits per heavy atom. The highest BCUT2D eigenvalue weighted by Gasteiger charge is 2.17. The molecule has 5 aromatic rings. The van der Waals surface area contributed by atoms with E-state index in [0.29, 0.717) is 24.8 Å². The molecule has 7 heteroatoms. The van der Waals surface area contributed by atoms with Crippen LogP contribution in [0.5, 0.6) is 5.75 Å². The maximum absolute atomic E-state index is 12.7. The van der Waals surface area contributed by atoms with Crippen LogP contribution in [-0.4, -0.2) is 33.4 Å². The minimum atomic E-state index is -0.106. The van der Waals surface area contributed by atoms with Gasteiger partial charge in [0.15, 0.2) is 0 Å². The van der Waals surface area contributed by atoms with Crippen LogP contribution in [0.1, 0.15) is 53.0 Å². The van der Waals surface area contributed by atoms with Crippen LogP contribution in [0.15, 0.2) is 90.4 Å². The van der Waals surface area contributed by atoms with E-state index >= 15 is 0 Å². The van der Waals surface area contributed by atoms with Crippen LogP contribution in [0.4, 0.5) is 0 Å². The van der Waals surface area contributed by atoms with Gasteiger partial charge < -0.3 is 15.0 Å². The zero-order valence-electron chi connectivity index (χ0n) is 24.0. The van der Waals surface area contributed by atoms with E-state index in [9.17, 15) is 4.79 Å². The highest BCUT2D eigenvalue weighted by molar-refractivity contribution is 7.09. The summed E-state index contributed by atoms with van der Waals surface area (Å²) in [5.74, 6) is 1.12. The molecule has 0 spiro atoms. The summed E-state index contributed by atoms with van der Waals surface area (Å²) in [7, 11) is 0. The van der Waals surface area contributed by atoms with Gasteiger partial charge in [0.1, 0.15) is 23.1 Å². The van der Waals surface area contributed by atoms with E-state index in [1.54, 1.807) is 11.3 Å². The average molecular weight is 567 g/mol. The summed E-state index contributed by atoms with van der Waals surface area (Å²) in [6.45, 7) is 9.09. The Morgan fingerprint density at radius 2 is 1.71 bits per heavy atom. The fourth-order valence-corrected chi connectivity index (χ4v) is 5.46. The minimum absolute atomic E-state index is 0.0972. The van der Waals surface area contributed by atoms with Crippen molar-refractivity contribution in [1.82, 2.24) is 20.2 Å². The Morgan fingerprint density at radius 1 is 0.951 bits per heavy atom. The summed E-state index contributed by atoms with van der Waals surface area (Å²) in [6, 6.07) is 27.1. The Hall–Kier alpha value is -3.94. The number of hydrogen-bond acceptors (Lipinski definition) is 5. The lowest BCUT2D eigenvalue weighted by Crippen LogP contribution is -2.36. The van der Waals surface area contributed by atoms with Crippen LogP contribution in [0.25, 0.3) is 10.9 Å². The molecule has 2 heterocycles. The van der Waals surface area contributed by atoms with E-state index in [2.05, 4.69) is 83.8 Å². The molecule has 1 atom stereocenters. The molecule has 0 aliphatic carbocycles. The van der Waals surface area contributed by atoms with Gasteiger partial charge in [0.2, 0.25) is 0 Å². The van der Waals surface area contributed by atoms with Crippen molar-refractivity contribution in [3.05, 3.63) is 118 Å². The van der Waals surface area contributed by atoms with Gasteiger partial charge in [0, 0.05) is 41.6 Å². The average Bonchev–Trinajstić information content (AvgIpc) is 3.63. The molecule has 0 radical (unpaired) electrons. The lowest BCUT2D eigenvalue weighted by atomic mass is 10.1. The van der Waals surface area contributed by atoms with Gasteiger partial charge in [-0.05, 0) is 54.2 Å². The predicted octanol–water partition coefficient (Wildman–Crippen LogP) is 7.22. The van der Waals surface area contributed by atoms with Gasteiger partial charge in [-0.25, -0.2) is 4.98 Å². The smallest absolute Gasteiger partial charge is 0.270 e. The van der Waals surface area contributed by atoms with E-state index in [-0.39, 0.29) is 11.9 Å². The number of ether oxygens (including phenoxy) is 1. The van der Waals surface area contributed by atoms with Gasteiger partial charge >= 0.3 is 0 Å². The first-order valence-electron chi connectivity index (χ1n) is 14.2. The van der Waals surface area contributed by atoms with Gasteiger partial charge in [0.25, 0.3) is 5.91 Å². The second-order valence-corrected chi connectivity index (χ2v) is 11.8. The Labute approximate surface area is 246 Å². The lowest BCUT2D eigenvalue weighted by Gasteiger charge is -2.21.